The Hall–Kier alpha value is -2.35. The van der Waals surface area contributed by atoms with E-state index in [2.05, 4.69) is 22.6 Å². The summed E-state index contributed by atoms with van der Waals surface area (Å²) in [4.78, 5) is 4.53. The Bertz CT molecular complexity index is 846. The number of hydrogen-bond donors (Lipinski definition) is 1. The first-order valence-corrected chi connectivity index (χ1v) is 9.80. The van der Waals surface area contributed by atoms with E-state index in [1.165, 1.54) is 0 Å². The molecule has 1 aliphatic heterocycles. The third-order valence-electron chi connectivity index (χ3n) is 4.76. The summed E-state index contributed by atoms with van der Waals surface area (Å²) < 4.78 is 14.3. The molecular weight excluding hydrogens is 359 g/mol. The molecule has 1 N–H and O–H groups in total. The highest BCUT2D eigenvalue weighted by atomic mass is 35.5. The number of rotatable bonds is 7. The van der Waals surface area contributed by atoms with Crippen LogP contribution in [0.25, 0.3) is 0 Å². The highest BCUT2D eigenvalue weighted by Crippen LogP contribution is 2.34. The topological polar surface area (TPSA) is 24.4 Å². The minimum absolute atomic E-state index is 0.425. The van der Waals surface area contributed by atoms with Crippen LogP contribution < -0.4 is 5.32 Å². The van der Waals surface area contributed by atoms with E-state index in [1.807, 2.05) is 48.6 Å². The molecule has 0 aromatic heterocycles. The largest absolute Gasteiger partial charge is 0.368 e. The van der Waals surface area contributed by atoms with Gasteiger partial charge in [0.1, 0.15) is 12.0 Å². The third-order valence-corrected chi connectivity index (χ3v) is 4.93. The van der Waals surface area contributed by atoms with Crippen LogP contribution >= 0.6 is 11.6 Å². The van der Waals surface area contributed by atoms with Crippen molar-refractivity contribution < 1.29 is 4.39 Å². The Labute approximate surface area is 165 Å². The maximum absolute atomic E-state index is 14.3. The molecule has 4 heteroatoms. The number of amidine groups is 1. The van der Waals surface area contributed by atoms with Crippen LogP contribution in [0.5, 0.6) is 0 Å². The van der Waals surface area contributed by atoms with Crippen LogP contribution in [0.3, 0.4) is 0 Å². The van der Waals surface area contributed by atoms with E-state index in [0.29, 0.717) is 12.3 Å². The fourth-order valence-electron chi connectivity index (χ4n) is 3.36. The number of halogens is 2. The number of hydrogen-bond acceptors (Lipinski definition) is 2. The fraction of sp³-hybridized carbons (Fsp3) is 0.304. The number of nitrogens with zero attached hydrogens (tertiary/aromatic N) is 1. The second kappa shape index (κ2) is 9.55. The summed E-state index contributed by atoms with van der Waals surface area (Å²) in [5.41, 5.74) is 7.99. The minimum atomic E-state index is -0.944. The molecule has 0 aromatic carbocycles. The summed E-state index contributed by atoms with van der Waals surface area (Å²) in [6, 6.07) is 0. The predicted octanol–water partition coefficient (Wildman–Crippen LogP) is 5.29. The molecule has 0 radical (unpaired) electrons. The second-order valence-corrected chi connectivity index (χ2v) is 6.87. The molecule has 2 nitrogen and oxygen atoms in total. The molecule has 1 unspecified atom stereocenters. The number of alkyl halides is 2. The molecular formula is C23H24ClFN2. The van der Waals surface area contributed by atoms with E-state index in [1.54, 1.807) is 0 Å². The Morgan fingerprint density at radius 2 is 2.37 bits per heavy atom. The van der Waals surface area contributed by atoms with E-state index in [9.17, 15) is 4.39 Å². The van der Waals surface area contributed by atoms with Gasteiger partial charge in [0.05, 0.1) is 6.54 Å². The predicted molar refractivity (Wildman–Crippen MR) is 113 cm³/mol. The molecule has 0 aromatic rings. The van der Waals surface area contributed by atoms with Gasteiger partial charge in [-0.05, 0) is 47.3 Å². The molecule has 3 rings (SSSR count). The zero-order valence-corrected chi connectivity index (χ0v) is 16.1. The highest BCUT2D eigenvalue weighted by Gasteiger charge is 2.22. The number of allylic oxidation sites excluding steroid dienone is 10. The molecule has 0 bridgehead atoms. The van der Waals surface area contributed by atoms with Crippen molar-refractivity contribution in [2.24, 2.45) is 4.99 Å². The van der Waals surface area contributed by atoms with E-state index in [-0.39, 0.29) is 0 Å². The van der Waals surface area contributed by atoms with E-state index >= 15 is 0 Å². The van der Waals surface area contributed by atoms with Gasteiger partial charge >= 0.3 is 0 Å². The van der Waals surface area contributed by atoms with Crippen molar-refractivity contribution in [3.05, 3.63) is 88.8 Å². The van der Waals surface area contributed by atoms with Gasteiger partial charge in [0.15, 0.2) is 0 Å². The Balaban J connectivity index is 1.74. The maximum atomic E-state index is 14.3. The highest BCUT2D eigenvalue weighted by molar-refractivity contribution is 6.18. The average molecular weight is 383 g/mol. The monoisotopic (exact) mass is 382 g/mol. The summed E-state index contributed by atoms with van der Waals surface area (Å²) in [5, 5.41) is 3.31. The molecule has 3 aliphatic rings. The van der Waals surface area contributed by atoms with Crippen molar-refractivity contribution in [2.45, 2.75) is 25.4 Å². The molecule has 2 aliphatic carbocycles. The van der Waals surface area contributed by atoms with Gasteiger partial charge < -0.3 is 5.32 Å². The lowest BCUT2D eigenvalue weighted by molar-refractivity contribution is 0.385. The lowest BCUT2D eigenvalue weighted by Crippen LogP contribution is -2.21. The quantitative estimate of drug-likeness (QED) is 0.361. The number of aliphatic imine (C=N–C) groups is 1. The smallest absolute Gasteiger partial charge is 0.129 e. The van der Waals surface area contributed by atoms with Crippen molar-refractivity contribution in [3.63, 3.8) is 0 Å². The van der Waals surface area contributed by atoms with Crippen molar-refractivity contribution in [2.75, 3.05) is 19.0 Å². The van der Waals surface area contributed by atoms with Crippen LogP contribution in [0.2, 0.25) is 0 Å². The van der Waals surface area contributed by atoms with E-state index in [0.717, 1.165) is 59.6 Å². The van der Waals surface area contributed by atoms with Crippen LogP contribution in [0.4, 0.5) is 4.39 Å². The number of nitrogens with one attached hydrogen (secondary N) is 1. The maximum Gasteiger partial charge on any atom is 0.129 e. The molecule has 0 fully saturated rings. The molecule has 0 saturated heterocycles. The van der Waals surface area contributed by atoms with Gasteiger partial charge in [0, 0.05) is 24.4 Å². The van der Waals surface area contributed by atoms with Crippen LogP contribution in [-0.4, -0.2) is 31.0 Å². The average Bonchev–Trinajstić information content (AvgIpc) is 3.08. The molecule has 27 heavy (non-hydrogen) atoms. The zero-order chi connectivity index (χ0) is 19.1. The van der Waals surface area contributed by atoms with Gasteiger partial charge in [0.2, 0.25) is 0 Å². The first-order valence-electron chi connectivity index (χ1n) is 9.27. The summed E-state index contributed by atoms with van der Waals surface area (Å²) in [7, 11) is 0. The van der Waals surface area contributed by atoms with Crippen molar-refractivity contribution in [3.8, 4) is 0 Å². The van der Waals surface area contributed by atoms with Crippen LogP contribution in [0, 0.1) is 0 Å². The van der Waals surface area contributed by atoms with Crippen LogP contribution in [-0.2, 0) is 0 Å². The Kier molecular flexibility index (Phi) is 6.86. The molecule has 0 saturated carbocycles. The standard InChI is InChI=1S/C23H24ClFN2/c1-17(19(7-5-6-14-24)23-26-15-16-27-23)10-11-18-12-13-22(25)21-9-4-2-3-8-20(18)21/h2,4-9,12,22H,1,10-11,13-16H2,(H,26,27)/b6-5-,19-7+. The van der Waals surface area contributed by atoms with E-state index in [4.69, 9.17) is 11.6 Å². The second-order valence-electron chi connectivity index (χ2n) is 6.56. The Morgan fingerprint density at radius 3 is 3.15 bits per heavy atom. The van der Waals surface area contributed by atoms with Gasteiger partial charge in [0.25, 0.3) is 0 Å². The Morgan fingerprint density at radius 1 is 1.48 bits per heavy atom. The lowest BCUT2D eigenvalue weighted by atomic mass is 9.86. The molecule has 0 spiro atoms. The fourth-order valence-corrected chi connectivity index (χ4v) is 3.46. The molecule has 0 amide bonds. The van der Waals surface area contributed by atoms with Crippen LogP contribution in [0.15, 0.2) is 93.8 Å². The van der Waals surface area contributed by atoms with Crippen molar-refractivity contribution in [1.29, 1.82) is 0 Å². The molecule has 1 heterocycles. The van der Waals surface area contributed by atoms with Crippen molar-refractivity contribution in [1.82, 2.24) is 5.32 Å². The summed E-state index contributed by atoms with van der Waals surface area (Å²) in [6.07, 6.45) is 16.3. The van der Waals surface area contributed by atoms with Gasteiger partial charge in [-0.1, -0.05) is 43.0 Å². The summed E-state index contributed by atoms with van der Waals surface area (Å²) in [5.74, 6) is 1.36. The van der Waals surface area contributed by atoms with Gasteiger partial charge in [-0.2, -0.15) is 0 Å². The normalized spacial score (nSPS) is 21.9. The van der Waals surface area contributed by atoms with Gasteiger partial charge in [-0.3, -0.25) is 4.99 Å². The summed E-state index contributed by atoms with van der Waals surface area (Å²) in [6.45, 7) is 5.91. The summed E-state index contributed by atoms with van der Waals surface area (Å²) >= 11 is 5.73. The first kappa shape index (κ1) is 19.4. The van der Waals surface area contributed by atoms with Crippen molar-refractivity contribution >= 4 is 17.4 Å². The van der Waals surface area contributed by atoms with Gasteiger partial charge in [-0.25, -0.2) is 4.39 Å². The van der Waals surface area contributed by atoms with Crippen LogP contribution in [0.1, 0.15) is 19.3 Å². The first-order chi connectivity index (χ1) is 13.2. The SMILES string of the molecule is C=C(CCC1=CCC(F)C2=C1C=C=CC=C2)/C(=C\C=C/CCl)C1=NCCN1. The lowest BCUT2D eigenvalue weighted by Gasteiger charge is -2.21. The third kappa shape index (κ3) is 4.88. The molecule has 1 atom stereocenters. The van der Waals surface area contributed by atoms with E-state index < -0.39 is 6.17 Å². The zero-order valence-electron chi connectivity index (χ0n) is 15.3. The molecule has 140 valence electrons. The van der Waals surface area contributed by atoms with Gasteiger partial charge in [-0.15, -0.1) is 17.3 Å². The minimum Gasteiger partial charge on any atom is -0.368 e.